The first-order chi connectivity index (χ1) is 9.99. The third kappa shape index (κ3) is 3.66. The van der Waals surface area contributed by atoms with E-state index in [1.54, 1.807) is 6.20 Å². The Bertz CT molecular complexity index is 536. The van der Waals surface area contributed by atoms with E-state index in [2.05, 4.69) is 26.3 Å². The molecule has 0 atom stereocenters. The average Bonchev–Trinajstić information content (AvgIpc) is 2.49. The Kier molecular flexibility index (Phi) is 5.43. The minimum Gasteiger partial charge on any atom is -0.396 e. The SMILES string of the molecule is CC(C)n1ncc(NCC2(CO)CCCCC2)c(Br)c1=O. The number of aliphatic hydroxyl groups is 1. The molecule has 0 unspecified atom stereocenters. The molecular weight excluding hydrogens is 334 g/mol. The van der Waals surface area contributed by atoms with Crippen LogP contribution in [0, 0.1) is 5.41 Å². The van der Waals surface area contributed by atoms with Gasteiger partial charge >= 0.3 is 0 Å². The van der Waals surface area contributed by atoms with Crippen molar-refractivity contribution in [1.82, 2.24) is 9.78 Å². The van der Waals surface area contributed by atoms with Crippen molar-refractivity contribution in [2.45, 2.75) is 52.0 Å². The van der Waals surface area contributed by atoms with Gasteiger partial charge in [-0.15, -0.1) is 0 Å². The summed E-state index contributed by atoms with van der Waals surface area (Å²) in [5.41, 5.74) is 0.511. The van der Waals surface area contributed by atoms with E-state index in [-0.39, 0.29) is 23.6 Å². The van der Waals surface area contributed by atoms with Gasteiger partial charge in [-0.25, -0.2) is 4.68 Å². The lowest BCUT2D eigenvalue weighted by molar-refractivity contribution is 0.0944. The van der Waals surface area contributed by atoms with Gasteiger partial charge in [-0.2, -0.15) is 5.10 Å². The number of halogens is 1. The van der Waals surface area contributed by atoms with Crippen LogP contribution in [-0.4, -0.2) is 28.0 Å². The van der Waals surface area contributed by atoms with Crippen molar-refractivity contribution in [1.29, 1.82) is 0 Å². The summed E-state index contributed by atoms with van der Waals surface area (Å²) >= 11 is 3.37. The van der Waals surface area contributed by atoms with E-state index < -0.39 is 0 Å². The maximum Gasteiger partial charge on any atom is 0.283 e. The molecule has 0 amide bonds. The molecule has 1 saturated carbocycles. The topological polar surface area (TPSA) is 67.2 Å². The van der Waals surface area contributed by atoms with Gasteiger partial charge in [0.2, 0.25) is 0 Å². The van der Waals surface area contributed by atoms with Gasteiger partial charge in [-0.3, -0.25) is 4.79 Å². The summed E-state index contributed by atoms with van der Waals surface area (Å²) in [5, 5.41) is 17.2. The summed E-state index contributed by atoms with van der Waals surface area (Å²) in [4.78, 5) is 12.2. The Morgan fingerprint density at radius 1 is 1.43 bits per heavy atom. The Balaban J connectivity index is 2.13. The number of nitrogens with zero attached hydrogens (tertiary/aromatic N) is 2. The predicted octanol–water partition coefficient (Wildman–Crippen LogP) is 2.94. The summed E-state index contributed by atoms with van der Waals surface area (Å²) in [6.07, 6.45) is 7.32. The Morgan fingerprint density at radius 3 is 2.67 bits per heavy atom. The van der Waals surface area contributed by atoms with Gasteiger partial charge in [0.05, 0.1) is 24.5 Å². The minimum atomic E-state index is -0.128. The lowest BCUT2D eigenvalue weighted by Gasteiger charge is -2.36. The summed E-state index contributed by atoms with van der Waals surface area (Å²) < 4.78 is 1.97. The first-order valence-corrected chi connectivity index (χ1v) is 8.40. The molecule has 6 heteroatoms. The highest BCUT2D eigenvalue weighted by Crippen LogP contribution is 2.36. The van der Waals surface area contributed by atoms with Crippen LogP contribution in [0.15, 0.2) is 15.5 Å². The van der Waals surface area contributed by atoms with Gasteiger partial charge < -0.3 is 10.4 Å². The Hall–Kier alpha value is -0.880. The van der Waals surface area contributed by atoms with E-state index in [1.807, 2.05) is 13.8 Å². The summed E-state index contributed by atoms with van der Waals surface area (Å²) in [7, 11) is 0. The second-order valence-electron chi connectivity index (χ2n) is 6.29. The lowest BCUT2D eigenvalue weighted by atomic mass is 9.74. The molecule has 1 aromatic heterocycles. The van der Waals surface area contributed by atoms with Crippen LogP contribution in [0.25, 0.3) is 0 Å². The van der Waals surface area contributed by atoms with Crippen LogP contribution < -0.4 is 10.9 Å². The molecule has 0 aromatic carbocycles. The van der Waals surface area contributed by atoms with Crippen molar-refractivity contribution < 1.29 is 5.11 Å². The molecule has 1 aliphatic carbocycles. The van der Waals surface area contributed by atoms with Gasteiger partial charge in [-0.1, -0.05) is 19.3 Å². The summed E-state index contributed by atoms with van der Waals surface area (Å²) in [5.74, 6) is 0. The number of aromatic nitrogens is 2. The maximum absolute atomic E-state index is 12.2. The monoisotopic (exact) mass is 357 g/mol. The fourth-order valence-electron chi connectivity index (χ4n) is 2.91. The molecule has 0 spiro atoms. The number of aliphatic hydroxyl groups excluding tert-OH is 1. The van der Waals surface area contributed by atoms with E-state index in [4.69, 9.17) is 0 Å². The molecule has 2 rings (SSSR count). The third-order valence-electron chi connectivity index (χ3n) is 4.34. The number of hydrogen-bond donors (Lipinski definition) is 2. The largest absolute Gasteiger partial charge is 0.396 e. The molecule has 0 aliphatic heterocycles. The molecule has 1 heterocycles. The molecule has 21 heavy (non-hydrogen) atoms. The molecule has 118 valence electrons. The zero-order valence-corrected chi connectivity index (χ0v) is 14.3. The van der Waals surface area contributed by atoms with Gasteiger partial charge in [0.15, 0.2) is 0 Å². The fourth-order valence-corrected chi connectivity index (χ4v) is 3.34. The quantitative estimate of drug-likeness (QED) is 0.849. The van der Waals surface area contributed by atoms with Crippen molar-refractivity contribution >= 4 is 21.6 Å². The molecule has 0 bridgehead atoms. The smallest absolute Gasteiger partial charge is 0.283 e. The van der Waals surface area contributed by atoms with E-state index in [0.717, 1.165) is 25.7 Å². The van der Waals surface area contributed by atoms with Crippen LogP contribution in [0.3, 0.4) is 0 Å². The maximum atomic E-state index is 12.2. The Morgan fingerprint density at radius 2 is 2.10 bits per heavy atom. The number of hydrogen-bond acceptors (Lipinski definition) is 4. The fraction of sp³-hybridized carbons (Fsp3) is 0.733. The second kappa shape index (κ2) is 6.92. The highest BCUT2D eigenvalue weighted by Gasteiger charge is 2.31. The van der Waals surface area contributed by atoms with Crippen molar-refractivity contribution in [2.24, 2.45) is 5.41 Å². The zero-order chi connectivity index (χ0) is 15.5. The van der Waals surface area contributed by atoms with Crippen LogP contribution in [-0.2, 0) is 0 Å². The van der Waals surface area contributed by atoms with Gasteiger partial charge in [0, 0.05) is 12.0 Å². The zero-order valence-electron chi connectivity index (χ0n) is 12.7. The molecular formula is C15H24BrN3O2. The van der Waals surface area contributed by atoms with Crippen LogP contribution in [0.2, 0.25) is 0 Å². The van der Waals surface area contributed by atoms with E-state index in [0.29, 0.717) is 16.7 Å². The molecule has 1 fully saturated rings. The molecule has 0 saturated heterocycles. The van der Waals surface area contributed by atoms with E-state index >= 15 is 0 Å². The summed E-state index contributed by atoms with van der Waals surface area (Å²) in [6, 6.07) is 0.0324. The first-order valence-electron chi connectivity index (χ1n) is 7.61. The first kappa shape index (κ1) is 16.5. The van der Waals surface area contributed by atoms with E-state index in [1.165, 1.54) is 11.1 Å². The Labute approximate surface area is 133 Å². The standard InChI is InChI=1S/C15H24BrN3O2/c1-11(2)19-14(21)13(16)12(8-18-19)17-9-15(10-20)6-4-3-5-7-15/h8,11,17,20H,3-7,9-10H2,1-2H3. The average molecular weight is 358 g/mol. The normalized spacial score (nSPS) is 18.0. The summed E-state index contributed by atoms with van der Waals surface area (Å²) in [6.45, 7) is 4.72. The van der Waals surface area contributed by atoms with Crippen molar-refractivity contribution in [3.05, 3.63) is 21.0 Å². The van der Waals surface area contributed by atoms with Crippen molar-refractivity contribution in [3.8, 4) is 0 Å². The van der Waals surface area contributed by atoms with Crippen molar-refractivity contribution in [3.63, 3.8) is 0 Å². The van der Waals surface area contributed by atoms with Gasteiger partial charge in [0.25, 0.3) is 5.56 Å². The third-order valence-corrected chi connectivity index (χ3v) is 5.10. The van der Waals surface area contributed by atoms with E-state index in [9.17, 15) is 9.90 Å². The van der Waals surface area contributed by atoms with Gasteiger partial charge in [-0.05, 0) is 42.6 Å². The van der Waals surface area contributed by atoms with Gasteiger partial charge in [0.1, 0.15) is 4.47 Å². The number of rotatable bonds is 5. The highest BCUT2D eigenvalue weighted by molar-refractivity contribution is 9.10. The highest BCUT2D eigenvalue weighted by atomic mass is 79.9. The number of nitrogens with one attached hydrogen (secondary N) is 1. The number of anilines is 1. The molecule has 1 aliphatic rings. The molecule has 5 nitrogen and oxygen atoms in total. The van der Waals surface area contributed by atoms with Crippen LogP contribution in [0.1, 0.15) is 52.0 Å². The molecule has 0 radical (unpaired) electrons. The van der Waals surface area contributed by atoms with Crippen LogP contribution >= 0.6 is 15.9 Å². The molecule has 2 N–H and O–H groups in total. The van der Waals surface area contributed by atoms with Crippen molar-refractivity contribution in [2.75, 3.05) is 18.5 Å². The predicted molar refractivity (Wildman–Crippen MR) is 87.7 cm³/mol. The van der Waals surface area contributed by atoms with Crippen LogP contribution in [0.5, 0.6) is 0 Å². The minimum absolute atomic E-state index is 0.0324. The second-order valence-corrected chi connectivity index (χ2v) is 7.08. The molecule has 1 aromatic rings. The lowest BCUT2D eigenvalue weighted by Crippen LogP contribution is -2.36. The van der Waals surface area contributed by atoms with Crippen LogP contribution in [0.4, 0.5) is 5.69 Å².